The van der Waals surface area contributed by atoms with Gasteiger partial charge in [0.2, 0.25) is 5.88 Å². The number of rotatable bonds is 4. The van der Waals surface area contributed by atoms with Crippen molar-refractivity contribution in [1.29, 1.82) is 0 Å². The Morgan fingerprint density at radius 2 is 2.00 bits per heavy atom. The van der Waals surface area contributed by atoms with E-state index in [-0.39, 0.29) is 11.7 Å². The lowest BCUT2D eigenvalue weighted by molar-refractivity contribution is 0.0961. The zero-order chi connectivity index (χ0) is 13.2. The highest BCUT2D eigenvalue weighted by atomic mass is 16.5. The van der Waals surface area contributed by atoms with E-state index in [1.54, 1.807) is 25.4 Å². The molecular formula is C16H15NO2. The molecule has 3 nitrogen and oxygen atoms in total. The van der Waals surface area contributed by atoms with Crippen LogP contribution in [-0.2, 0) is 0 Å². The van der Waals surface area contributed by atoms with Crippen LogP contribution in [0.2, 0.25) is 0 Å². The van der Waals surface area contributed by atoms with Crippen LogP contribution in [0.15, 0.2) is 48.7 Å². The molecule has 1 saturated carbocycles. The minimum Gasteiger partial charge on any atom is -0.480 e. The van der Waals surface area contributed by atoms with Crippen LogP contribution < -0.4 is 4.74 Å². The molecule has 0 radical (unpaired) electrons. The number of hydrogen-bond acceptors (Lipinski definition) is 3. The van der Waals surface area contributed by atoms with Gasteiger partial charge in [0.25, 0.3) is 0 Å². The Morgan fingerprint density at radius 1 is 1.21 bits per heavy atom. The Balaban J connectivity index is 1.80. The van der Waals surface area contributed by atoms with Crippen molar-refractivity contribution in [2.75, 3.05) is 7.11 Å². The van der Waals surface area contributed by atoms with Gasteiger partial charge in [-0.1, -0.05) is 30.3 Å². The van der Waals surface area contributed by atoms with Crippen LogP contribution in [0, 0.1) is 5.92 Å². The Bertz CT molecular complexity index is 595. The van der Waals surface area contributed by atoms with Crippen molar-refractivity contribution in [3.05, 3.63) is 59.8 Å². The molecule has 0 spiro atoms. The average Bonchev–Trinajstić information content (AvgIpc) is 3.28. The summed E-state index contributed by atoms with van der Waals surface area (Å²) in [6, 6.07) is 13.7. The highest BCUT2D eigenvalue weighted by Gasteiger charge is 2.44. The van der Waals surface area contributed by atoms with Gasteiger partial charge in [0.15, 0.2) is 5.78 Å². The van der Waals surface area contributed by atoms with E-state index in [4.69, 9.17) is 4.74 Å². The van der Waals surface area contributed by atoms with Gasteiger partial charge in [0, 0.05) is 12.1 Å². The molecule has 1 aliphatic rings. The topological polar surface area (TPSA) is 39.2 Å². The fraction of sp³-hybridized carbons (Fsp3) is 0.250. The molecule has 19 heavy (non-hydrogen) atoms. The first-order valence-electron chi connectivity index (χ1n) is 6.39. The SMILES string of the molecule is COc1ncccc1C(=O)C1CC1c1ccccc1. The maximum Gasteiger partial charge on any atom is 0.224 e. The number of Topliss-reactive ketones (excluding diaryl/α,β-unsaturated/α-hetero) is 1. The lowest BCUT2D eigenvalue weighted by Crippen LogP contribution is -2.06. The van der Waals surface area contributed by atoms with Gasteiger partial charge in [-0.25, -0.2) is 4.98 Å². The highest BCUT2D eigenvalue weighted by Crippen LogP contribution is 2.49. The van der Waals surface area contributed by atoms with Crippen LogP contribution in [-0.4, -0.2) is 17.9 Å². The minimum atomic E-state index is 0.0699. The van der Waals surface area contributed by atoms with Gasteiger partial charge in [-0.15, -0.1) is 0 Å². The largest absolute Gasteiger partial charge is 0.480 e. The van der Waals surface area contributed by atoms with E-state index in [1.807, 2.05) is 18.2 Å². The molecule has 1 aromatic heterocycles. The minimum absolute atomic E-state index is 0.0699. The third-order valence-corrected chi connectivity index (χ3v) is 3.58. The molecule has 0 bridgehead atoms. The first-order chi connectivity index (χ1) is 9.31. The molecule has 0 aliphatic heterocycles. The Labute approximate surface area is 112 Å². The van der Waals surface area contributed by atoms with Crippen LogP contribution in [0.1, 0.15) is 28.3 Å². The second-order valence-corrected chi connectivity index (χ2v) is 4.78. The van der Waals surface area contributed by atoms with Gasteiger partial charge < -0.3 is 4.74 Å². The number of carbonyl (C=O) groups is 1. The molecule has 1 heterocycles. The molecule has 3 heteroatoms. The molecule has 1 fully saturated rings. The van der Waals surface area contributed by atoms with Gasteiger partial charge in [0.05, 0.1) is 12.7 Å². The first-order valence-corrected chi connectivity index (χ1v) is 6.39. The third-order valence-electron chi connectivity index (χ3n) is 3.58. The average molecular weight is 253 g/mol. The molecule has 1 aromatic carbocycles. The summed E-state index contributed by atoms with van der Waals surface area (Å²) >= 11 is 0. The fourth-order valence-corrected chi connectivity index (χ4v) is 2.49. The van der Waals surface area contributed by atoms with Crippen molar-refractivity contribution >= 4 is 5.78 Å². The Kier molecular flexibility index (Phi) is 3.03. The number of ether oxygens (including phenoxy) is 1. The van der Waals surface area contributed by atoms with E-state index >= 15 is 0 Å². The first kappa shape index (κ1) is 11.9. The zero-order valence-electron chi connectivity index (χ0n) is 10.7. The van der Waals surface area contributed by atoms with Crippen LogP contribution in [0.4, 0.5) is 0 Å². The summed E-state index contributed by atoms with van der Waals surface area (Å²) in [6.45, 7) is 0. The molecule has 96 valence electrons. The summed E-state index contributed by atoms with van der Waals surface area (Å²) in [5.74, 6) is 0.976. The van der Waals surface area contributed by atoms with Crippen LogP contribution in [0.5, 0.6) is 5.88 Å². The number of pyridine rings is 1. The standard InChI is InChI=1S/C16H15NO2/c1-19-16-12(8-5-9-17-16)15(18)14-10-13(14)11-6-3-2-4-7-11/h2-9,13-14H,10H2,1H3. The Morgan fingerprint density at radius 3 is 2.74 bits per heavy atom. The van der Waals surface area contributed by atoms with E-state index in [9.17, 15) is 4.79 Å². The lowest BCUT2D eigenvalue weighted by atomic mass is 10.0. The molecule has 0 N–H and O–H groups in total. The number of methoxy groups -OCH3 is 1. The van der Waals surface area contributed by atoms with E-state index in [1.165, 1.54) is 5.56 Å². The molecule has 2 unspecified atom stereocenters. The van der Waals surface area contributed by atoms with Gasteiger partial charge in [-0.3, -0.25) is 4.79 Å². The lowest BCUT2D eigenvalue weighted by Gasteiger charge is -2.05. The van der Waals surface area contributed by atoms with Crippen molar-refractivity contribution in [3.8, 4) is 5.88 Å². The summed E-state index contributed by atoms with van der Waals surface area (Å²) in [7, 11) is 1.54. The molecular weight excluding hydrogens is 238 g/mol. The van der Waals surface area contributed by atoms with Crippen molar-refractivity contribution in [2.24, 2.45) is 5.92 Å². The number of ketones is 1. The van der Waals surface area contributed by atoms with Crippen LogP contribution in [0.25, 0.3) is 0 Å². The second kappa shape index (κ2) is 4.84. The van der Waals surface area contributed by atoms with E-state index < -0.39 is 0 Å². The number of nitrogens with zero attached hydrogens (tertiary/aromatic N) is 1. The monoisotopic (exact) mass is 253 g/mol. The molecule has 0 amide bonds. The molecule has 2 aromatic rings. The maximum atomic E-state index is 12.5. The second-order valence-electron chi connectivity index (χ2n) is 4.78. The van der Waals surface area contributed by atoms with Crippen molar-refractivity contribution in [3.63, 3.8) is 0 Å². The third kappa shape index (κ3) is 2.24. The van der Waals surface area contributed by atoms with E-state index in [0.717, 1.165) is 6.42 Å². The maximum absolute atomic E-state index is 12.5. The van der Waals surface area contributed by atoms with Gasteiger partial charge in [-0.2, -0.15) is 0 Å². The predicted octanol–water partition coefficient (Wildman–Crippen LogP) is 3.08. The smallest absolute Gasteiger partial charge is 0.224 e. The quantitative estimate of drug-likeness (QED) is 0.786. The Hall–Kier alpha value is -2.16. The number of benzene rings is 1. The van der Waals surface area contributed by atoms with Crippen LogP contribution in [0.3, 0.4) is 0 Å². The number of carbonyl (C=O) groups excluding carboxylic acids is 1. The van der Waals surface area contributed by atoms with Crippen molar-refractivity contribution in [1.82, 2.24) is 4.98 Å². The predicted molar refractivity (Wildman–Crippen MR) is 72.4 cm³/mol. The summed E-state index contributed by atoms with van der Waals surface area (Å²) in [5, 5.41) is 0. The highest BCUT2D eigenvalue weighted by molar-refractivity contribution is 6.02. The molecule has 2 atom stereocenters. The molecule has 3 rings (SSSR count). The van der Waals surface area contributed by atoms with Gasteiger partial charge in [-0.05, 0) is 30.0 Å². The zero-order valence-corrected chi connectivity index (χ0v) is 10.7. The van der Waals surface area contributed by atoms with E-state index in [0.29, 0.717) is 17.4 Å². The summed E-state index contributed by atoms with van der Waals surface area (Å²) in [6.07, 6.45) is 2.55. The molecule has 1 aliphatic carbocycles. The summed E-state index contributed by atoms with van der Waals surface area (Å²) in [4.78, 5) is 16.5. The normalized spacial score (nSPS) is 20.9. The van der Waals surface area contributed by atoms with E-state index in [2.05, 4.69) is 17.1 Å². The number of hydrogen-bond donors (Lipinski definition) is 0. The van der Waals surface area contributed by atoms with Gasteiger partial charge in [0.1, 0.15) is 0 Å². The summed E-state index contributed by atoms with van der Waals surface area (Å²) in [5.41, 5.74) is 1.83. The van der Waals surface area contributed by atoms with Crippen molar-refractivity contribution in [2.45, 2.75) is 12.3 Å². The van der Waals surface area contributed by atoms with Crippen molar-refractivity contribution < 1.29 is 9.53 Å². The summed E-state index contributed by atoms with van der Waals surface area (Å²) < 4.78 is 5.15. The number of aromatic nitrogens is 1. The molecule has 0 saturated heterocycles. The van der Waals surface area contributed by atoms with Gasteiger partial charge >= 0.3 is 0 Å². The van der Waals surface area contributed by atoms with Crippen LogP contribution >= 0.6 is 0 Å². The fourth-order valence-electron chi connectivity index (χ4n) is 2.49.